The zero-order chi connectivity index (χ0) is 17.9. The lowest BCUT2D eigenvalue weighted by atomic mass is 10.1. The van der Waals surface area contributed by atoms with Crippen molar-refractivity contribution in [2.45, 2.75) is 25.9 Å². The van der Waals surface area contributed by atoms with E-state index in [0.29, 0.717) is 13.1 Å². The molecule has 2 rings (SSSR count). The van der Waals surface area contributed by atoms with Crippen LogP contribution in [0.2, 0.25) is 0 Å². The predicted molar refractivity (Wildman–Crippen MR) is 86.4 cm³/mol. The molecule has 24 heavy (non-hydrogen) atoms. The van der Waals surface area contributed by atoms with Crippen LogP contribution >= 0.6 is 0 Å². The number of carbonyl (C=O) groups is 3. The molecule has 1 aliphatic rings. The van der Waals surface area contributed by atoms with Crippen molar-refractivity contribution in [2.24, 2.45) is 5.92 Å². The van der Waals surface area contributed by atoms with Crippen molar-refractivity contribution >= 4 is 17.8 Å². The van der Waals surface area contributed by atoms with Gasteiger partial charge in [-0.25, -0.2) is 4.79 Å². The summed E-state index contributed by atoms with van der Waals surface area (Å²) in [6, 6.07) is 6.48. The number of carbonyl (C=O) groups excluding carboxylic acids is 2. The molecule has 1 aromatic carbocycles. The second-order valence-corrected chi connectivity index (χ2v) is 5.99. The molecule has 1 fully saturated rings. The van der Waals surface area contributed by atoms with Crippen molar-refractivity contribution in [1.29, 1.82) is 0 Å². The summed E-state index contributed by atoms with van der Waals surface area (Å²) in [5, 5.41) is 9.00. The van der Waals surface area contributed by atoms with E-state index in [4.69, 9.17) is 9.84 Å². The van der Waals surface area contributed by atoms with E-state index < -0.39 is 17.9 Å². The summed E-state index contributed by atoms with van der Waals surface area (Å²) in [5.74, 6) is -1.23. The maximum absolute atomic E-state index is 12.4. The van der Waals surface area contributed by atoms with Crippen LogP contribution < -0.4 is 4.74 Å². The minimum absolute atomic E-state index is 0.0967. The lowest BCUT2D eigenvalue weighted by Crippen LogP contribution is -2.43. The number of benzene rings is 1. The molecule has 0 spiro atoms. The molecule has 0 aliphatic carbocycles. The van der Waals surface area contributed by atoms with Gasteiger partial charge in [-0.1, -0.05) is 12.1 Å². The number of hydrogen-bond donors (Lipinski definition) is 1. The van der Waals surface area contributed by atoms with Gasteiger partial charge in [0.15, 0.2) is 0 Å². The summed E-state index contributed by atoms with van der Waals surface area (Å²) >= 11 is 0. The minimum atomic E-state index is -1.06. The first-order valence-electron chi connectivity index (χ1n) is 7.73. The Morgan fingerprint density at radius 3 is 2.54 bits per heavy atom. The quantitative estimate of drug-likeness (QED) is 0.838. The molecule has 2 unspecified atom stereocenters. The zero-order valence-electron chi connectivity index (χ0n) is 14.1. The average Bonchev–Trinajstić information content (AvgIpc) is 2.94. The predicted octanol–water partition coefficient (Wildman–Crippen LogP) is 0.975. The molecule has 2 amide bonds. The summed E-state index contributed by atoms with van der Waals surface area (Å²) in [7, 11) is 3.04. The maximum Gasteiger partial charge on any atom is 0.326 e. The Hall–Kier alpha value is -2.57. The van der Waals surface area contributed by atoms with Crippen molar-refractivity contribution in [3.05, 3.63) is 29.8 Å². The molecule has 0 saturated carbocycles. The molecular weight excluding hydrogens is 312 g/mol. The highest BCUT2D eigenvalue weighted by atomic mass is 16.5. The van der Waals surface area contributed by atoms with Crippen LogP contribution in [0.3, 0.4) is 0 Å². The fraction of sp³-hybridized carbons (Fsp3) is 0.471. The van der Waals surface area contributed by atoms with Crippen molar-refractivity contribution < 1.29 is 24.2 Å². The minimum Gasteiger partial charge on any atom is -0.497 e. The second kappa shape index (κ2) is 7.33. The average molecular weight is 334 g/mol. The number of methoxy groups -OCH3 is 1. The number of carboxylic acids is 1. The van der Waals surface area contributed by atoms with Gasteiger partial charge in [-0.15, -0.1) is 0 Å². The normalized spacial score (nSPS) is 18.4. The van der Waals surface area contributed by atoms with E-state index in [1.165, 1.54) is 18.9 Å². The van der Waals surface area contributed by atoms with Gasteiger partial charge in [0, 0.05) is 26.6 Å². The monoisotopic (exact) mass is 334 g/mol. The SMILES string of the molecule is COc1ccc(CN2CC(C(=O)N(C)C(C)C(=O)O)CC2=O)cc1. The van der Waals surface area contributed by atoms with E-state index in [9.17, 15) is 14.4 Å². The first kappa shape index (κ1) is 17.8. The first-order valence-corrected chi connectivity index (χ1v) is 7.73. The van der Waals surface area contributed by atoms with E-state index >= 15 is 0 Å². The molecule has 1 saturated heterocycles. The standard InChI is InChI=1S/C17H22N2O5/c1-11(17(22)23)18(2)16(21)13-8-15(20)19(10-13)9-12-4-6-14(24-3)7-5-12/h4-7,11,13H,8-10H2,1-3H3,(H,22,23). The van der Waals surface area contributed by atoms with Gasteiger partial charge in [0.1, 0.15) is 11.8 Å². The Bertz CT molecular complexity index is 628. The van der Waals surface area contributed by atoms with Crippen molar-refractivity contribution in [3.63, 3.8) is 0 Å². The second-order valence-electron chi connectivity index (χ2n) is 5.99. The van der Waals surface area contributed by atoms with Crippen molar-refractivity contribution in [2.75, 3.05) is 20.7 Å². The molecule has 2 atom stereocenters. The third-order valence-electron chi connectivity index (χ3n) is 4.38. The van der Waals surface area contributed by atoms with Gasteiger partial charge in [0.05, 0.1) is 13.0 Å². The van der Waals surface area contributed by atoms with Gasteiger partial charge in [-0.05, 0) is 24.6 Å². The molecule has 1 aromatic rings. The van der Waals surface area contributed by atoms with Crippen LogP contribution in [-0.2, 0) is 20.9 Å². The fourth-order valence-electron chi connectivity index (χ4n) is 2.69. The van der Waals surface area contributed by atoms with Crippen LogP contribution in [-0.4, -0.2) is 59.4 Å². The van der Waals surface area contributed by atoms with E-state index in [-0.39, 0.29) is 18.2 Å². The van der Waals surface area contributed by atoms with Gasteiger partial charge in [-0.3, -0.25) is 9.59 Å². The highest BCUT2D eigenvalue weighted by Crippen LogP contribution is 2.23. The summed E-state index contributed by atoms with van der Waals surface area (Å²) < 4.78 is 5.10. The third kappa shape index (κ3) is 3.84. The Labute approximate surface area is 140 Å². The molecule has 7 heteroatoms. The van der Waals surface area contributed by atoms with Crippen LogP contribution in [0, 0.1) is 5.92 Å². The van der Waals surface area contributed by atoms with Gasteiger partial charge < -0.3 is 19.6 Å². The van der Waals surface area contributed by atoms with Crippen LogP contribution in [0.1, 0.15) is 18.9 Å². The largest absolute Gasteiger partial charge is 0.497 e. The number of rotatable bonds is 6. The number of amides is 2. The first-order chi connectivity index (χ1) is 11.3. The zero-order valence-corrected chi connectivity index (χ0v) is 14.1. The van der Waals surface area contributed by atoms with Gasteiger partial charge in [0.2, 0.25) is 11.8 Å². The number of nitrogens with zero attached hydrogens (tertiary/aromatic N) is 2. The summed E-state index contributed by atoms with van der Waals surface area (Å²) in [5.41, 5.74) is 0.949. The van der Waals surface area contributed by atoms with E-state index in [0.717, 1.165) is 11.3 Å². The number of likely N-dealkylation sites (N-methyl/N-ethyl adjacent to an activating group) is 1. The molecule has 1 aliphatic heterocycles. The molecule has 1 N–H and O–H groups in total. The van der Waals surface area contributed by atoms with Crippen molar-refractivity contribution in [1.82, 2.24) is 9.80 Å². The molecule has 1 heterocycles. The lowest BCUT2D eigenvalue weighted by Gasteiger charge is -2.24. The topological polar surface area (TPSA) is 87.2 Å². The summed E-state index contributed by atoms with van der Waals surface area (Å²) in [6.07, 6.45) is 0.117. The van der Waals surface area contributed by atoms with Gasteiger partial charge >= 0.3 is 5.97 Å². The molecule has 0 radical (unpaired) electrons. The van der Waals surface area contributed by atoms with Crippen LogP contribution in [0.5, 0.6) is 5.75 Å². The van der Waals surface area contributed by atoms with Gasteiger partial charge in [0.25, 0.3) is 0 Å². The third-order valence-corrected chi connectivity index (χ3v) is 4.38. The number of carboxylic acid groups (broad SMARTS) is 1. The smallest absolute Gasteiger partial charge is 0.326 e. The summed E-state index contributed by atoms with van der Waals surface area (Å²) in [6.45, 7) is 2.18. The lowest BCUT2D eigenvalue weighted by molar-refractivity contribution is -0.149. The Kier molecular flexibility index (Phi) is 5.43. The molecule has 7 nitrogen and oxygen atoms in total. The number of likely N-dealkylation sites (tertiary alicyclic amines) is 1. The molecular formula is C17H22N2O5. The Balaban J connectivity index is 1.99. The molecule has 0 aromatic heterocycles. The maximum atomic E-state index is 12.4. The number of aliphatic carboxylic acids is 1. The van der Waals surface area contributed by atoms with E-state index in [2.05, 4.69) is 0 Å². The van der Waals surface area contributed by atoms with Crippen LogP contribution in [0.4, 0.5) is 0 Å². The number of hydrogen-bond acceptors (Lipinski definition) is 4. The Morgan fingerprint density at radius 2 is 2.00 bits per heavy atom. The molecule has 130 valence electrons. The summed E-state index contributed by atoms with van der Waals surface area (Å²) in [4.78, 5) is 38.4. The Morgan fingerprint density at radius 1 is 1.38 bits per heavy atom. The van der Waals surface area contributed by atoms with E-state index in [1.54, 1.807) is 12.0 Å². The fourth-order valence-corrected chi connectivity index (χ4v) is 2.69. The molecule has 0 bridgehead atoms. The van der Waals surface area contributed by atoms with Crippen molar-refractivity contribution in [3.8, 4) is 5.75 Å². The van der Waals surface area contributed by atoms with E-state index in [1.807, 2.05) is 24.3 Å². The number of ether oxygens (including phenoxy) is 1. The van der Waals surface area contributed by atoms with Crippen LogP contribution in [0.15, 0.2) is 24.3 Å². The highest BCUT2D eigenvalue weighted by molar-refractivity contribution is 5.91. The van der Waals surface area contributed by atoms with Crippen LogP contribution in [0.25, 0.3) is 0 Å². The highest BCUT2D eigenvalue weighted by Gasteiger charge is 2.37. The van der Waals surface area contributed by atoms with Gasteiger partial charge in [-0.2, -0.15) is 0 Å².